The molecule has 1 aromatic carbocycles. The zero-order chi connectivity index (χ0) is 17.4. The summed E-state index contributed by atoms with van der Waals surface area (Å²) in [5, 5.41) is 5.39. The van der Waals surface area contributed by atoms with Crippen molar-refractivity contribution in [2.24, 2.45) is 0 Å². The minimum absolute atomic E-state index is 0.285. The van der Waals surface area contributed by atoms with Crippen LogP contribution in [0.2, 0.25) is 0 Å². The Hall–Kier alpha value is -2.41. The maximum Gasteiger partial charge on any atom is 0.243 e. The molecule has 1 heterocycles. The quantitative estimate of drug-likeness (QED) is 0.753. The molecular weight excluding hydrogens is 329 g/mol. The Morgan fingerprint density at radius 3 is 2.58 bits per heavy atom. The Labute approximate surface area is 144 Å². The number of carbonyl (C=O) groups excluding carboxylic acids is 2. The van der Waals surface area contributed by atoms with Gasteiger partial charge in [-0.2, -0.15) is 0 Å². The third kappa shape index (κ3) is 6.00. The molecule has 7 heteroatoms. The maximum absolute atomic E-state index is 12.9. The van der Waals surface area contributed by atoms with Gasteiger partial charge in [-0.3, -0.25) is 14.6 Å². The summed E-state index contributed by atoms with van der Waals surface area (Å²) in [6.45, 7) is 1.65. The number of aromatic nitrogens is 1. The Balaban J connectivity index is 1.92. The van der Waals surface area contributed by atoms with Gasteiger partial charge in [-0.15, -0.1) is 11.8 Å². The van der Waals surface area contributed by atoms with Crippen LogP contribution in [-0.4, -0.2) is 28.6 Å². The van der Waals surface area contributed by atoms with Gasteiger partial charge >= 0.3 is 0 Å². The normalized spacial score (nSPS) is 11.6. The Morgan fingerprint density at radius 1 is 1.21 bits per heavy atom. The molecule has 0 spiro atoms. The fourth-order valence-electron chi connectivity index (χ4n) is 1.94. The van der Waals surface area contributed by atoms with Crippen LogP contribution in [-0.2, 0) is 16.1 Å². The van der Waals surface area contributed by atoms with Crippen molar-refractivity contribution >= 4 is 23.6 Å². The van der Waals surface area contributed by atoms with Gasteiger partial charge in [0.2, 0.25) is 11.8 Å². The van der Waals surface area contributed by atoms with Crippen molar-refractivity contribution in [3.05, 3.63) is 60.2 Å². The predicted molar refractivity (Wildman–Crippen MR) is 90.8 cm³/mol. The lowest BCUT2D eigenvalue weighted by Gasteiger charge is -2.17. The molecular formula is C17H18FN3O2S. The van der Waals surface area contributed by atoms with Gasteiger partial charge in [-0.1, -0.05) is 6.07 Å². The van der Waals surface area contributed by atoms with E-state index in [-0.39, 0.29) is 24.2 Å². The van der Waals surface area contributed by atoms with Crippen LogP contribution in [0.4, 0.5) is 4.39 Å². The summed E-state index contributed by atoms with van der Waals surface area (Å²) >= 11 is 1.37. The molecule has 1 aromatic heterocycles. The molecule has 0 aliphatic carbocycles. The van der Waals surface area contributed by atoms with Gasteiger partial charge in [0.05, 0.1) is 12.2 Å². The fraction of sp³-hybridized carbons (Fsp3) is 0.235. The number of carbonyl (C=O) groups is 2. The minimum Gasteiger partial charge on any atom is -0.349 e. The van der Waals surface area contributed by atoms with Crippen LogP contribution in [0, 0.1) is 5.82 Å². The third-order valence-electron chi connectivity index (χ3n) is 3.09. The van der Waals surface area contributed by atoms with Gasteiger partial charge in [0.25, 0.3) is 0 Å². The molecule has 5 nitrogen and oxygen atoms in total. The van der Waals surface area contributed by atoms with Crippen LogP contribution in [0.15, 0.2) is 53.6 Å². The molecule has 0 fully saturated rings. The molecule has 2 amide bonds. The maximum atomic E-state index is 12.9. The number of rotatable bonds is 7. The van der Waals surface area contributed by atoms with Gasteiger partial charge in [-0.25, -0.2) is 4.39 Å². The number of halogens is 1. The van der Waals surface area contributed by atoms with E-state index < -0.39 is 6.04 Å². The van der Waals surface area contributed by atoms with E-state index in [2.05, 4.69) is 15.6 Å². The molecule has 0 bridgehead atoms. The lowest BCUT2D eigenvalue weighted by Crippen LogP contribution is -2.47. The van der Waals surface area contributed by atoms with Crippen LogP contribution < -0.4 is 10.6 Å². The average Bonchev–Trinajstić information content (AvgIpc) is 2.58. The Kier molecular flexibility index (Phi) is 6.74. The van der Waals surface area contributed by atoms with E-state index in [9.17, 15) is 14.0 Å². The lowest BCUT2D eigenvalue weighted by molar-refractivity contribution is -0.127. The monoisotopic (exact) mass is 347 g/mol. The highest BCUT2D eigenvalue weighted by Gasteiger charge is 2.19. The highest BCUT2D eigenvalue weighted by atomic mass is 32.2. The zero-order valence-electron chi connectivity index (χ0n) is 13.2. The van der Waals surface area contributed by atoms with Crippen molar-refractivity contribution in [2.45, 2.75) is 24.4 Å². The molecule has 0 radical (unpaired) electrons. The van der Waals surface area contributed by atoms with E-state index in [1.54, 1.807) is 30.5 Å². The Bertz CT molecular complexity index is 680. The number of nitrogens with one attached hydrogen (secondary N) is 2. The summed E-state index contributed by atoms with van der Waals surface area (Å²) in [4.78, 5) is 28.6. The molecule has 0 saturated heterocycles. The zero-order valence-corrected chi connectivity index (χ0v) is 14.0. The molecule has 0 aliphatic rings. The minimum atomic E-state index is -0.679. The molecule has 24 heavy (non-hydrogen) atoms. The first-order chi connectivity index (χ1) is 11.5. The summed E-state index contributed by atoms with van der Waals surface area (Å²) in [6.07, 6.45) is 1.65. The first-order valence-electron chi connectivity index (χ1n) is 7.37. The summed E-state index contributed by atoms with van der Waals surface area (Å²) in [7, 11) is 0. The highest BCUT2D eigenvalue weighted by Crippen LogP contribution is 2.19. The summed E-state index contributed by atoms with van der Waals surface area (Å²) in [5.74, 6) is -0.539. The second kappa shape index (κ2) is 9.02. The number of hydrogen-bond donors (Lipinski definition) is 2. The third-order valence-corrected chi connectivity index (χ3v) is 4.20. The molecule has 1 unspecified atom stereocenters. The van der Waals surface area contributed by atoms with E-state index >= 15 is 0 Å². The van der Waals surface area contributed by atoms with E-state index in [0.717, 1.165) is 10.6 Å². The predicted octanol–water partition coefficient (Wildman–Crippen LogP) is 2.13. The van der Waals surface area contributed by atoms with Crippen molar-refractivity contribution in [1.29, 1.82) is 0 Å². The molecule has 0 aliphatic heterocycles. The first-order valence-corrected chi connectivity index (χ1v) is 8.36. The fourth-order valence-corrected chi connectivity index (χ4v) is 2.86. The van der Waals surface area contributed by atoms with Crippen LogP contribution in [0.5, 0.6) is 0 Å². The van der Waals surface area contributed by atoms with E-state index in [4.69, 9.17) is 0 Å². The summed E-state index contributed by atoms with van der Waals surface area (Å²) in [5.41, 5.74) is 0.735. The van der Waals surface area contributed by atoms with E-state index in [1.165, 1.54) is 30.8 Å². The second-order valence-corrected chi connectivity index (χ2v) is 6.15. The standard InChI is InChI=1S/C17H18FN3O2S/c1-12(22)21-16(11-24-15-7-5-13(18)6-8-15)17(23)20-10-14-4-2-3-9-19-14/h2-9,16H,10-11H2,1H3,(H,20,23)(H,21,22). The second-order valence-electron chi connectivity index (χ2n) is 5.06. The van der Waals surface area contributed by atoms with Gasteiger partial charge in [0.1, 0.15) is 11.9 Å². The van der Waals surface area contributed by atoms with Gasteiger partial charge in [0.15, 0.2) is 0 Å². The van der Waals surface area contributed by atoms with Crippen LogP contribution in [0.3, 0.4) is 0 Å². The molecule has 126 valence electrons. The van der Waals surface area contributed by atoms with Gasteiger partial charge < -0.3 is 10.6 Å². The molecule has 0 saturated carbocycles. The van der Waals surface area contributed by atoms with E-state index in [0.29, 0.717) is 5.75 Å². The van der Waals surface area contributed by atoms with Crippen LogP contribution >= 0.6 is 11.8 Å². The van der Waals surface area contributed by atoms with Crippen LogP contribution in [0.25, 0.3) is 0 Å². The van der Waals surface area contributed by atoms with Crippen molar-refractivity contribution in [3.63, 3.8) is 0 Å². The van der Waals surface area contributed by atoms with Crippen molar-refractivity contribution in [2.75, 3.05) is 5.75 Å². The SMILES string of the molecule is CC(=O)NC(CSc1ccc(F)cc1)C(=O)NCc1ccccn1. The highest BCUT2D eigenvalue weighted by molar-refractivity contribution is 7.99. The van der Waals surface area contributed by atoms with Crippen molar-refractivity contribution < 1.29 is 14.0 Å². The molecule has 1 atom stereocenters. The number of hydrogen-bond acceptors (Lipinski definition) is 4. The molecule has 2 aromatic rings. The topological polar surface area (TPSA) is 71.1 Å². The number of pyridine rings is 1. The van der Waals surface area contributed by atoms with Crippen molar-refractivity contribution in [1.82, 2.24) is 15.6 Å². The first kappa shape index (κ1) is 17.9. The summed E-state index contributed by atoms with van der Waals surface area (Å²) in [6, 6.07) is 10.7. The molecule has 2 rings (SSSR count). The number of nitrogens with zero attached hydrogens (tertiary/aromatic N) is 1. The van der Waals surface area contributed by atoms with Gasteiger partial charge in [0, 0.05) is 23.8 Å². The Morgan fingerprint density at radius 2 is 1.96 bits per heavy atom. The average molecular weight is 347 g/mol. The van der Waals surface area contributed by atoms with E-state index in [1.807, 2.05) is 6.07 Å². The largest absolute Gasteiger partial charge is 0.349 e. The summed E-state index contributed by atoms with van der Waals surface area (Å²) < 4.78 is 12.9. The lowest BCUT2D eigenvalue weighted by atomic mass is 10.3. The number of thioether (sulfide) groups is 1. The number of benzene rings is 1. The van der Waals surface area contributed by atoms with Gasteiger partial charge in [-0.05, 0) is 36.4 Å². The molecule has 2 N–H and O–H groups in total. The smallest absolute Gasteiger partial charge is 0.243 e. The number of amides is 2. The van der Waals surface area contributed by atoms with Crippen molar-refractivity contribution in [3.8, 4) is 0 Å². The van der Waals surface area contributed by atoms with Crippen LogP contribution in [0.1, 0.15) is 12.6 Å².